The molecule has 150 valence electrons. The summed E-state index contributed by atoms with van der Waals surface area (Å²) in [6.45, 7) is 1.28. The number of hydrogen-bond donors (Lipinski definition) is 0. The Bertz CT molecular complexity index is 1170. The van der Waals surface area contributed by atoms with Crippen LogP contribution in [0.5, 0.6) is 5.88 Å². The Balaban J connectivity index is 1.20. The van der Waals surface area contributed by atoms with Crippen LogP contribution in [0.25, 0.3) is 21.6 Å². The minimum absolute atomic E-state index is 0.0163. The van der Waals surface area contributed by atoms with E-state index in [0.29, 0.717) is 24.7 Å². The molecule has 1 aliphatic heterocycles. The largest absolute Gasteiger partial charge is 0.473 e. The lowest BCUT2D eigenvalue weighted by Crippen LogP contribution is -2.42. The molecule has 0 saturated carbocycles. The van der Waals surface area contributed by atoms with Crippen molar-refractivity contribution in [2.45, 2.75) is 18.9 Å². The maximum Gasteiger partial charge on any atom is 0.273 e. The van der Waals surface area contributed by atoms with Gasteiger partial charge in [0, 0.05) is 36.9 Å². The molecule has 5 rings (SSSR count). The third-order valence-corrected chi connectivity index (χ3v) is 6.08. The summed E-state index contributed by atoms with van der Waals surface area (Å²) < 4.78 is 6.03. The van der Waals surface area contributed by atoms with Gasteiger partial charge in [-0.05, 0) is 12.1 Å². The molecule has 2 aromatic heterocycles. The Kier molecular flexibility index (Phi) is 5.11. The molecule has 1 amide bonds. The highest BCUT2D eigenvalue weighted by atomic mass is 32.1. The van der Waals surface area contributed by atoms with E-state index in [1.807, 2.05) is 64.9 Å². The van der Waals surface area contributed by atoms with Gasteiger partial charge in [0.15, 0.2) is 0 Å². The fourth-order valence-corrected chi connectivity index (χ4v) is 4.39. The highest BCUT2D eigenvalue weighted by molar-refractivity contribution is 7.13. The van der Waals surface area contributed by atoms with Crippen LogP contribution in [-0.2, 0) is 0 Å². The standard InChI is InChI=1S/C23H20N4O2S/c28-23(20-15-30-22(26-20)16-6-2-1-3-7-16)27-12-10-17(11-13-27)29-21-14-24-18-8-4-5-9-19(18)25-21/h1-9,14-15,17H,10-13H2. The first kappa shape index (κ1) is 18.7. The molecule has 1 fully saturated rings. The van der Waals surface area contributed by atoms with E-state index in [1.54, 1.807) is 6.20 Å². The summed E-state index contributed by atoms with van der Waals surface area (Å²) in [5, 5.41) is 2.71. The average Bonchev–Trinajstić information content (AvgIpc) is 3.30. The van der Waals surface area contributed by atoms with Gasteiger partial charge in [-0.3, -0.25) is 4.79 Å². The summed E-state index contributed by atoms with van der Waals surface area (Å²) in [7, 11) is 0. The number of carbonyl (C=O) groups is 1. The zero-order valence-corrected chi connectivity index (χ0v) is 17.1. The van der Waals surface area contributed by atoms with Gasteiger partial charge in [0.2, 0.25) is 5.88 Å². The number of benzene rings is 2. The second-order valence-electron chi connectivity index (χ2n) is 7.21. The van der Waals surface area contributed by atoms with Crippen molar-refractivity contribution in [2.75, 3.05) is 13.1 Å². The number of fused-ring (bicyclic) bond motifs is 1. The fraction of sp³-hybridized carbons (Fsp3) is 0.217. The molecule has 1 aliphatic rings. The number of rotatable bonds is 4. The number of amides is 1. The number of nitrogens with zero attached hydrogens (tertiary/aromatic N) is 4. The van der Waals surface area contributed by atoms with Crippen molar-refractivity contribution in [1.29, 1.82) is 0 Å². The maximum atomic E-state index is 12.9. The average molecular weight is 417 g/mol. The Morgan fingerprint density at radius 1 is 0.967 bits per heavy atom. The zero-order chi connectivity index (χ0) is 20.3. The molecule has 4 aromatic rings. The normalized spacial score (nSPS) is 14.7. The lowest BCUT2D eigenvalue weighted by molar-refractivity contribution is 0.0583. The van der Waals surface area contributed by atoms with E-state index in [1.165, 1.54) is 11.3 Å². The van der Waals surface area contributed by atoms with Crippen molar-refractivity contribution in [1.82, 2.24) is 19.9 Å². The smallest absolute Gasteiger partial charge is 0.273 e. The van der Waals surface area contributed by atoms with Gasteiger partial charge < -0.3 is 9.64 Å². The molecule has 0 aliphatic carbocycles. The quantitative estimate of drug-likeness (QED) is 0.492. The third kappa shape index (κ3) is 3.89. The van der Waals surface area contributed by atoms with Gasteiger partial charge in [0.25, 0.3) is 5.91 Å². The second kappa shape index (κ2) is 8.20. The van der Waals surface area contributed by atoms with Crippen molar-refractivity contribution in [3.8, 4) is 16.5 Å². The van der Waals surface area contributed by atoms with Crippen LogP contribution >= 0.6 is 11.3 Å². The molecule has 0 atom stereocenters. The lowest BCUT2D eigenvalue weighted by Gasteiger charge is -2.31. The summed E-state index contributed by atoms with van der Waals surface area (Å²) in [6.07, 6.45) is 3.21. The van der Waals surface area contributed by atoms with Crippen LogP contribution in [0.3, 0.4) is 0 Å². The molecule has 0 radical (unpaired) electrons. The van der Waals surface area contributed by atoms with Gasteiger partial charge >= 0.3 is 0 Å². The lowest BCUT2D eigenvalue weighted by atomic mass is 10.1. The first-order valence-corrected chi connectivity index (χ1v) is 10.8. The van der Waals surface area contributed by atoms with Crippen LogP contribution in [0.2, 0.25) is 0 Å². The van der Waals surface area contributed by atoms with E-state index in [9.17, 15) is 4.79 Å². The zero-order valence-electron chi connectivity index (χ0n) is 16.3. The van der Waals surface area contributed by atoms with Crippen LogP contribution in [0.1, 0.15) is 23.3 Å². The minimum atomic E-state index is -0.0163. The Hall–Kier alpha value is -3.32. The number of thiazole rings is 1. The van der Waals surface area contributed by atoms with E-state index < -0.39 is 0 Å². The predicted molar refractivity (Wildman–Crippen MR) is 117 cm³/mol. The summed E-state index contributed by atoms with van der Waals surface area (Å²) in [6, 6.07) is 17.7. The van der Waals surface area contributed by atoms with E-state index in [0.717, 1.165) is 34.4 Å². The van der Waals surface area contributed by atoms with Crippen LogP contribution in [-0.4, -0.2) is 45.0 Å². The van der Waals surface area contributed by atoms with Crippen molar-refractivity contribution in [3.05, 3.63) is 71.9 Å². The SMILES string of the molecule is O=C(c1csc(-c2ccccc2)n1)N1CCC(Oc2cnc3ccccc3n2)CC1. The molecule has 30 heavy (non-hydrogen) atoms. The molecule has 0 N–H and O–H groups in total. The first-order valence-electron chi connectivity index (χ1n) is 9.95. The van der Waals surface area contributed by atoms with Gasteiger partial charge in [-0.15, -0.1) is 11.3 Å². The van der Waals surface area contributed by atoms with Crippen LogP contribution in [0.15, 0.2) is 66.2 Å². The van der Waals surface area contributed by atoms with Crippen LogP contribution in [0, 0.1) is 0 Å². The number of likely N-dealkylation sites (tertiary alicyclic amines) is 1. The molecule has 6 nitrogen and oxygen atoms in total. The monoisotopic (exact) mass is 416 g/mol. The van der Waals surface area contributed by atoms with Crippen molar-refractivity contribution < 1.29 is 9.53 Å². The molecular weight excluding hydrogens is 396 g/mol. The van der Waals surface area contributed by atoms with Gasteiger partial charge in [0.05, 0.1) is 17.2 Å². The summed E-state index contributed by atoms with van der Waals surface area (Å²) in [4.78, 5) is 28.2. The molecule has 3 heterocycles. The number of para-hydroxylation sites is 2. The number of hydrogen-bond acceptors (Lipinski definition) is 6. The van der Waals surface area contributed by atoms with Gasteiger partial charge in [-0.2, -0.15) is 0 Å². The molecule has 1 saturated heterocycles. The number of carbonyl (C=O) groups excluding carboxylic acids is 1. The maximum absolute atomic E-state index is 12.9. The molecule has 7 heteroatoms. The highest BCUT2D eigenvalue weighted by Gasteiger charge is 2.26. The van der Waals surface area contributed by atoms with Crippen LogP contribution in [0.4, 0.5) is 0 Å². The molecule has 0 unspecified atom stereocenters. The summed E-state index contributed by atoms with van der Waals surface area (Å²) >= 11 is 1.50. The van der Waals surface area contributed by atoms with Crippen molar-refractivity contribution in [3.63, 3.8) is 0 Å². The summed E-state index contributed by atoms with van der Waals surface area (Å²) in [5.41, 5.74) is 3.22. The Labute approximate surface area is 178 Å². The molecular formula is C23H20N4O2S. The topological polar surface area (TPSA) is 68.2 Å². The van der Waals surface area contributed by atoms with Gasteiger partial charge in [0.1, 0.15) is 16.8 Å². The van der Waals surface area contributed by atoms with E-state index in [-0.39, 0.29) is 12.0 Å². The third-order valence-electron chi connectivity index (χ3n) is 5.19. The van der Waals surface area contributed by atoms with Crippen molar-refractivity contribution >= 4 is 28.3 Å². The Morgan fingerprint density at radius 2 is 1.70 bits per heavy atom. The molecule has 2 aromatic carbocycles. The fourth-order valence-electron chi connectivity index (χ4n) is 3.59. The number of aromatic nitrogens is 3. The van der Waals surface area contributed by atoms with E-state index >= 15 is 0 Å². The highest BCUT2D eigenvalue weighted by Crippen LogP contribution is 2.25. The minimum Gasteiger partial charge on any atom is -0.473 e. The van der Waals surface area contributed by atoms with E-state index in [2.05, 4.69) is 15.0 Å². The second-order valence-corrected chi connectivity index (χ2v) is 8.07. The van der Waals surface area contributed by atoms with Crippen molar-refractivity contribution in [2.24, 2.45) is 0 Å². The number of ether oxygens (including phenoxy) is 1. The first-order chi connectivity index (χ1) is 14.8. The number of piperidine rings is 1. The Morgan fingerprint density at radius 3 is 2.50 bits per heavy atom. The van der Waals surface area contributed by atoms with Gasteiger partial charge in [-0.1, -0.05) is 42.5 Å². The van der Waals surface area contributed by atoms with E-state index in [4.69, 9.17) is 4.74 Å². The van der Waals surface area contributed by atoms with Gasteiger partial charge in [-0.25, -0.2) is 15.0 Å². The molecule has 0 spiro atoms. The summed E-state index contributed by atoms with van der Waals surface area (Å²) in [5.74, 6) is 0.517. The molecule has 0 bridgehead atoms. The van der Waals surface area contributed by atoms with Crippen LogP contribution < -0.4 is 4.74 Å². The predicted octanol–water partition coefficient (Wildman–Crippen LogP) is 4.44.